The van der Waals surface area contributed by atoms with E-state index in [4.69, 9.17) is 0 Å². The van der Waals surface area contributed by atoms with E-state index < -0.39 is 5.54 Å². The lowest BCUT2D eigenvalue weighted by atomic mass is 9.76. The minimum absolute atomic E-state index is 0.136. The molecule has 0 saturated heterocycles. The summed E-state index contributed by atoms with van der Waals surface area (Å²) in [4.78, 5) is 14.2. The molecular formula is C17H17FN2O. The number of benzene rings is 1. The van der Waals surface area contributed by atoms with Crippen LogP contribution in [0.25, 0.3) is 6.08 Å². The summed E-state index contributed by atoms with van der Waals surface area (Å²) in [6.07, 6.45) is 7.55. The monoisotopic (exact) mass is 284 g/mol. The van der Waals surface area contributed by atoms with E-state index in [2.05, 4.69) is 6.07 Å². The highest BCUT2D eigenvalue weighted by Crippen LogP contribution is 2.43. The van der Waals surface area contributed by atoms with Crippen molar-refractivity contribution in [3.05, 3.63) is 41.7 Å². The molecule has 2 fully saturated rings. The van der Waals surface area contributed by atoms with Crippen LogP contribution in [0.15, 0.2) is 30.3 Å². The number of halogens is 1. The third-order valence-corrected chi connectivity index (χ3v) is 4.27. The summed E-state index contributed by atoms with van der Waals surface area (Å²) in [5.74, 6) is -0.459. The fraction of sp³-hybridized carbons (Fsp3) is 0.412. The highest BCUT2D eigenvalue weighted by atomic mass is 19.1. The highest BCUT2D eigenvalue weighted by Gasteiger charge is 2.50. The van der Waals surface area contributed by atoms with Crippen molar-refractivity contribution in [2.75, 3.05) is 0 Å². The van der Waals surface area contributed by atoms with Crippen molar-refractivity contribution >= 4 is 12.0 Å². The zero-order valence-electron chi connectivity index (χ0n) is 11.8. The second-order valence-electron chi connectivity index (χ2n) is 5.82. The lowest BCUT2D eigenvalue weighted by molar-refractivity contribution is -0.133. The molecule has 0 unspecified atom stereocenters. The Kier molecular flexibility index (Phi) is 3.50. The third kappa shape index (κ3) is 2.69. The molecule has 2 aliphatic rings. The van der Waals surface area contributed by atoms with E-state index >= 15 is 0 Å². The molecule has 0 radical (unpaired) electrons. The van der Waals surface area contributed by atoms with Crippen LogP contribution in [0.4, 0.5) is 4.39 Å². The van der Waals surface area contributed by atoms with Crippen LogP contribution in [0.1, 0.15) is 37.7 Å². The maximum atomic E-state index is 13.1. The average Bonchev–Trinajstić information content (AvgIpc) is 3.24. The van der Waals surface area contributed by atoms with Crippen molar-refractivity contribution in [2.24, 2.45) is 0 Å². The minimum Gasteiger partial charge on any atom is -0.317 e. The molecule has 21 heavy (non-hydrogen) atoms. The maximum absolute atomic E-state index is 13.1. The molecule has 0 N–H and O–H groups in total. The van der Waals surface area contributed by atoms with Gasteiger partial charge in [0, 0.05) is 12.1 Å². The largest absolute Gasteiger partial charge is 0.317 e. The number of nitrogens with zero attached hydrogens (tertiary/aromatic N) is 2. The lowest BCUT2D eigenvalue weighted by Gasteiger charge is -2.45. The molecule has 1 amide bonds. The molecule has 4 heteroatoms. The molecule has 0 aliphatic heterocycles. The van der Waals surface area contributed by atoms with Gasteiger partial charge in [-0.2, -0.15) is 5.26 Å². The van der Waals surface area contributed by atoms with E-state index in [9.17, 15) is 14.4 Å². The normalized spacial score (nSPS) is 19.8. The Labute approximate surface area is 123 Å². The molecule has 0 spiro atoms. The minimum atomic E-state index is -0.607. The highest BCUT2D eigenvalue weighted by molar-refractivity contribution is 5.93. The molecule has 2 aliphatic carbocycles. The second-order valence-corrected chi connectivity index (χ2v) is 5.82. The van der Waals surface area contributed by atoms with Crippen LogP contribution in [-0.2, 0) is 4.79 Å². The van der Waals surface area contributed by atoms with Gasteiger partial charge in [-0.3, -0.25) is 4.79 Å². The number of rotatable bonds is 4. The van der Waals surface area contributed by atoms with Gasteiger partial charge >= 0.3 is 0 Å². The van der Waals surface area contributed by atoms with Gasteiger partial charge in [0.05, 0.1) is 6.07 Å². The predicted octanol–water partition coefficient (Wildman–Crippen LogP) is 3.28. The first-order chi connectivity index (χ1) is 10.1. The molecule has 0 bridgehead atoms. The van der Waals surface area contributed by atoms with Gasteiger partial charge in [-0.15, -0.1) is 0 Å². The van der Waals surface area contributed by atoms with E-state index in [1.165, 1.54) is 18.2 Å². The van der Waals surface area contributed by atoms with E-state index in [1.54, 1.807) is 23.1 Å². The van der Waals surface area contributed by atoms with Crippen LogP contribution in [0.3, 0.4) is 0 Å². The Morgan fingerprint density at radius 2 is 2.19 bits per heavy atom. The summed E-state index contributed by atoms with van der Waals surface area (Å²) in [6, 6.07) is 8.65. The molecule has 0 aromatic heterocycles. The average molecular weight is 284 g/mol. The Morgan fingerprint density at radius 1 is 1.43 bits per heavy atom. The van der Waals surface area contributed by atoms with E-state index in [0.29, 0.717) is 5.56 Å². The van der Waals surface area contributed by atoms with Crippen LogP contribution in [0.2, 0.25) is 0 Å². The molecule has 108 valence electrons. The van der Waals surface area contributed by atoms with Crippen molar-refractivity contribution in [1.82, 2.24) is 4.90 Å². The SMILES string of the molecule is N#CC1(N(C(=O)/C=C/c2cccc(F)c2)C2CC2)CCC1. The van der Waals surface area contributed by atoms with Gasteiger partial charge in [0.1, 0.15) is 11.4 Å². The summed E-state index contributed by atoms with van der Waals surface area (Å²) in [7, 11) is 0. The fourth-order valence-electron chi connectivity index (χ4n) is 2.85. The summed E-state index contributed by atoms with van der Waals surface area (Å²) in [5, 5.41) is 9.44. The number of amides is 1. The number of hydrogen-bond acceptors (Lipinski definition) is 2. The molecular weight excluding hydrogens is 267 g/mol. The standard InChI is InChI=1S/C17H17FN2O/c18-14-4-1-3-13(11-14)5-8-16(21)20(15-6-7-15)17(12-19)9-2-10-17/h1,3-5,8,11,15H,2,6-7,9-10H2/b8-5+. The first-order valence-corrected chi connectivity index (χ1v) is 7.33. The molecule has 1 aromatic rings. The first kappa shape index (κ1) is 13.8. The van der Waals surface area contributed by atoms with Gasteiger partial charge in [-0.05, 0) is 55.9 Å². The molecule has 0 heterocycles. The quantitative estimate of drug-likeness (QED) is 0.796. The Balaban J connectivity index is 1.78. The number of nitriles is 1. The Bertz CT molecular complexity index is 624. The molecule has 0 atom stereocenters. The topological polar surface area (TPSA) is 44.1 Å². The second kappa shape index (κ2) is 5.33. The van der Waals surface area contributed by atoms with Gasteiger partial charge in [0.25, 0.3) is 0 Å². The molecule has 1 aromatic carbocycles. The van der Waals surface area contributed by atoms with Crippen molar-refractivity contribution in [3.8, 4) is 6.07 Å². The lowest BCUT2D eigenvalue weighted by Crippen LogP contribution is -2.56. The maximum Gasteiger partial charge on any atom is 0.248 e. The summed E-state index contributed by atoms with van der Waals surface area (Å²) in [5.41, 5.74) is 0.0450. The summed E-state index contributed by atoms with van der Waals surface area (Å²) < 4.78 is 13.1. The van der Waals surface area contributed by atoms with Crippen LogP contribution in [0.5, 0.6) is 0 Å². The van der Waals surface area contributed by atoms with Crippen molar-refractivity contribution < 1.29 is 9.18 Å². The van der Waals surface area contributed by atoms with Gasteiger partial charge in [-0.1, -0.05) is 12.1 Å². The zero-order chi connectivity index (χ0) is 14.9. The van der Waals surface area contributed by atoms with E-state index in [1.807, 2.05) is 0 Å². The smallest absolute Gasteiger partial charge is 0.248 e. The van der Waals surface area contributed by atoms with Crippen molar-refractivity contribution in [3.63, 3.8) is 0 Å². The first-order valence-electron chi connectivity index (χ1n) is 7.33. The summed E-state index contributed by atoms with van der Waals surface area (Å²) >= 11 is 0. The van der Waals surface area contributed by atoms with Crippen molar-refractivity contribution in [1.29, 1.82) is 5.26 Å². The van der Waals surface area contributed by atoms with E-state index in [-0.39, 0.29) is 17.8 Å². The van der Waals surface area contributed by atoms with Crippen molar-refractivity contribution in [2.45, 2.75) is 43.7 Å². The Hall–Kier alpha value is -2.15. The molecule has 2 saturated carbocycles. The third-order valence-electron chi connectivity index (χ3n) is 4.27. The molecule has 3 nitrogen and oxygen atoms in total. The zero-order valence-corrected chi connectivity index (χ0v) is 11.8. The van der Waals surface area contributed by atoms with Gasteiger partial charge in [0.15, 0.2) is 0 Å². The van der Waals surface area contributed by atoms with E-state index in [0.717, 1.165) is 32.1 Å². The van der Waals surface area contributed by atoms with Crippen LogP contribution >= 0.6 is 0 Å². The number of carbonyl (C=O) groups excluding carboxylic acids is 1. The molecule has 3 rings (SSSR count). The summed E-state index contributed by atoms with van der Waals surface area (Å²) in [6.45, 7) is 0. The fourth-order valence-corrected chi connectivity index (χ4v) is 2.85. The van der Waals surface area contributed by atoms with Crippen LogP contribution in [-0.4, -0.2) is 22.4 Å². The predicted molar refractivity (Wildman–Crippen MR) is 77.5 cm³/mol. The number of hydrogen-bond donors (Lipinski definition) is 0. The Morgan fingerprint density at radius 3 is 2.71 bits per heavy atom. The van der Waals surface area contributed by atoms with Crippen LogP contribution in [0, 0.1) is 17.1 Å². The van der Waals surface area contributed by atoms with Gasteiger partial charge in [-0.25, -0.2) is 4.39 Å². The number of carbonyl (C=O) groups is 1. The van der Waals surface area contributed by atoms with Gasteiger partial charge in [0.2, 0.25) is 5.91 Å². The van der Waals surface area contributed by atoms with Crippen LogP contribution < -0.4 is 0 Å². The van der Waals surface area contributed by atoms with Gasteiger partial charge < -0.3 is 4.90 Å².